The zero-order chi connectivity index (χ0) is 12.1. The Morgan fingerprint density at radius 2 is 1.94 bits per heavy atom. The quantitative estimate of drug-likeness (QED) is 0.713. The predicted molar refractivity (Wildman–Crippen MR) is 70.5 cm³/mol. The van der Waals surface area contributed by atoms with Crippen molar-refractivity contribution in [2.45, 2.75) is 33.6 Å². The van der Waals surface area contributed by atoms with Crippen LogP contribution in [0.2, 0.25) is 0 Å². The molecular formula is C14H22N2. The van der Waals surface area contributed by atoms with Gasteiger partial charge in [-0.05, 0) is 17.2 Å². The lowest BCUT2D eigenvalue weighted by atomic mass is 10.1. The minimum atomic E-state index is 0.501. The third-order valence-electron chi connectivity index (χ3n) is 2.54. The van der Waals surface area contributed by atoms with Crippen LogP contribution in [0.1, 0.15) is 39.3 Å². The van der Waals surface area contributed by atoms with E-state index in [1.54, 1.807) is 0 Å². The first-order valence-electron chi connectivity index (χ1n) is 6.05. The fraction of sp³-hybridized carbons (Fsp3) is 0.500. The van der Waals surface area contributed by atoms with Gasteiger partial charge in [0.2, 0.25) is 0 Å². The first kappa shape index (κ1) is 12.8. The van der Waals surface area contributed by atoms with Crippen LogP contribution >= 0.6 is 0 Å². The molecule has 0 aromatic carbocycles. The normalized spacial score (nSPS) is 13.2. The highest BCUT2D eigenvalue weighted by atomic mass is 15.1. The number of pyridine rings is 1. The molecule has 88 valence electrons. The molecule has 1 aliphatic heterocycles. The van der Waals surface area contributed by atoms with Gasteiger partial charge in [-0.25, -0.2) is 0 Å². The predicted octanol–water partition coefficient (Wildman–Crippen LogP) is 1.70. The lowest BCUT2D eigenvalue weighted by Crippen LogP contribution is -2.34. The lowest BCUT2D eigenvalue weighted by Gasteiger charge is -2.15. The van der Waals surface area contributed by atoms with Crippen LogP contribution in [-0.2, 0) is 0 Å². The van der Waals surface area contributed by atoms with Crippen molar-refractivity contribution in [1.29, 1.82) is 0 Å². The maximum atomic E-state index is 4.45. The maximum absolute atomic E-state index is 4.45. The van der Waals surface area contributed by atoms with Crippen molar-refractivity contribution in [3.63, 3.8) is 0 Å². The Labute approximate surface area is 98.3 Å². The number of hydrogen-bond acceptors (Lipinski definition) is 2. The molecule has 1 aromatic heterocycles. The average molecular weight is 218 g/mol. The van der Waals surface area contributed by atoms with E-state index in [0.717, 1.165) is 6.54 Å². The Hall–Kier alpha value is -1.31. The van der Waals surface area contributed by atoms with Gasteiger partial charge in [-0.15, -0.1) is 0 Å². The van der Waals surface area contributed by atoms with Crippen LogP contribution < -0.4 is 10.4 Å². The molecular weight excluding hydrogens is 196 g/mol. The van der Waals surface area contributed by atoms with E-state index in [1.807, 2.05) is 20.0 Å². The van der Waals surface area contributed by atoms with Crippen molar-refractivity contribution in [3.8, 4) is 0 Å². The summed E-state index contributed by atoms with van der Waals surface area (Å²) in [5.74, 6) is 0.501. The van der Waals surface area contributed by atoms with Gasteiger partial charge in [0.05, 0.1) is 0 Å². The highest BCUT2D eigenvalue weighted by Crippen LogP contribution is 2.06. The Morgan fingerprint density at radius 3 is 2.56 bits per heavy atom. The van der Waals surface area contributed by atoms with Crippen LogP contribution in [0.25, 0.3) is 12.3 Å². The minimum Gasteiger partial charge on any atom is -0.376 e. The highest BCUT2D eigenvalue weighted by molar-refractivity contribution is 5.37. The van der Waals surface area contributed by atoms with E-state index in [2.05, 4.69) is 49.1 Å². The summed E-state index contributed by atoms with van der Waals surface area (Å²) in [6.45, 7) is 9.33. The molecule has 2 heterocycles. The van der Waals surface area contributed by atoms with E-state index in [1.165, 1.54) is 16.1 Å². The van der Waals surface area contributed by atoms with Crippen molar-refractivity contribution < 1.29 is 0 Å². The number of fused-ring (bicyclic) bond motifs is 1. The van der Waals surface area contributed by atoms with Crippen LogP contribution in [0.15, 0.2) is 12.3 Å². The van der Waals surface area contributed by atoms with E-state index < -0.39 is 0 Å². The fourth-order valence-electron chi connectivity index (χ4n) is 1.63. The van der Waals surface area contributed by atoms with Gasteiger partial charge < -0.3 is 4.90 Å². The van der Waals surface area contributed by atoms with Gasteiger partial charge >= 0.3 is 0 Å². The second-order valence-electron chi connectivity index (χ2n) is 4.17. The monoisotopic (exact) mass is 218 g/mol. The second kappa shape index (κ2) is 5.69. The topological polar surface area (TPSA) is 16.1 Å². The molecule has 0 unspecified atom stereocenters. The van der Waals surface area contributed by atoms with Crippen LogP contribution in [0.4, 0.5) is 0 Å². The molecule has 1 aliphatic rings. The number of rotatable bonds is 1. The molecule has 0 fully saturated rings. The Morgan fingerprint density at radius 1 is 1.25 bits per heavy atom. The minimum absolute atomic E-state index is 0.501. The zero-order valence-corrected chi connectivity index (χ0v) is 11.0. The summed E-state index contributed by atoms with van der Waals surface area (Å²) < 4.78 is 0. The Bertz CT molecular complexity index is 446. The molecule has 0 aliphatic carbocycles. The third-order valence-corrected chi connectivity index (χ3v) is 2.54. The van der Waals surface area contributed by atoms with Crippen LogP contribution in [0.3, 0.4) is 0 Å². The van der Waals surface area contributed by atoms with Crippen LogP contribution in [0, 0.1) is 0 Å². The van der Waals surface area contributed by atoms with E-state index in [9.17, 15) is 0 Å². The molecule has 0 saturated carbocycles. The molecule has 0 amide bonds. The molecule has 0 radical (unpaired) electrons. The van der Waals surface area contributed by atoms with Crippen molar-refractivity contribution in [3.05, 3.63) is 28.4 Å². The molecule has 2 rings (SSSR count). The van der Waals surface area contributed by atoms with Gasteiger partial charge in [0.15, 0.2) is 0 Å². The van der Waals surface area contributed by atoms with Crippen molar-refractivity contribution in [2.24, 2.45) is 0 Å². The molecule has 16 heavy (non-hydrogen) atoms. The van der Waals surface area contributed by atoms with Crippen molar-refractivity contribution >= 4 is 12.3 Å². The smallest absolute Gasteiger partial charge is 0.0435 e. The Balaban J connectivity index is 0.000000606. The second-order valence-corrected chi connectivity index (χ2v) is 4.17. The van der Waals surface area contributed by atoms with Gasteiger partial charge in [0, 0.05) is 36.9 Å². The van der Waals surface area contributed by atoms with E-state index in [-0.39, 0.29) is 0 Å². The molecule has 2 nitrogen and oxygen atoms in total. The van der Waals surface area contributed by atoms with Gasteiger partial charge in [-0.2, -0.15) is 0 Å². The summed E-state index contributed by atoms with van der Waals surface area (Å²) in [5.41, 5.74) is 1.17. The lowest BCUT2D eigenvalue weighted by molar-refractivity contribution is 0.563. The summed E-state index contributed by atoms with van der Waals surface area (Å²) in [4.78, 5) is 6.63. The maximum Gasteiger partial charge on any atom is 0.0435 e. The van der Waals surface area contributed by atoms with Gasteiger partial charge in [0.1, 0.15) is 0 Å². The summed E-state index contributed by atoms with van der Waals surface area (Å²) in [6, 6.07) is 2.19. The molecule has 0 bridgehead atoms. The highest BCUT2D eigenvalue weighted by Gasteiger charge is 2.02. The van der Waals surface area contributed by atoms with Crippen LogP contribution in [0.5, 0.6) is 0 Å². The summed E-state index contributed by atoms with van der Waals surface area (Å²) in [6.07, 6.45) is 6.38. The zero-order valence-electron chi connectivity index (χ0n) is 11.0. The number of hydrogen-bond donors (Lipinski definition) is 0. The summed E-state index contributed by atoms with van der Waals surface area (Å²) in [7, 11) is 2.09. The molecule has 1 aromatic rings. The standard InChI is InChI=1S/C12H16N2.C2H6/c1-9(2)12-6-11-8-14(3)5-4-10(11)7-13-12;1-2/h4,6-9H,5H2,1-3H3;1-2H3. The third kappa shape index (κ3) is 2.84. The Kier molecular flexibility index (Phi) is 4.53. The number of nitrogens with zero attached hydrogens (tertiary/aromatic N) is 2. The van der Waals surface area contributed by atoms with Gasteiger partial charge in [-0.3, -0.25) is 4.98 Å². The molecule has 0 spiro atoms. The van der Waals surface area contributed by atoms with E-state index in [4.69, 9.17) is 0 Å². The van der Waals surface area contributed by atoms with Crippen LogP contribution in [-0.4, -0.2) is 23.5 Å². The first-order valence-corrected chi connectivity index (χ1v) is 6.05. The fourth-order valence-corrected chi connectivity index (χ4v) is 1.63. The van der Waals surface area contributed by atoms with Crippen molar-refractivity contribution in [1.82, 2.24) is 9.88 Å². The van der Waals surface area contributed by atoms with Gasteiger partial charge in [-0.1, -0.05) is 33.8 Å². The van der Waals surface area contributed by atoms with Crippen molar-refractivity contribution in [2.75, 3.05) is 13.6 Å². The van der Waals surface area contributed by atoms with E-state index in [0.29, 0.717) is 5.92 Å². The molecule has 0 saturated heterocycles. The number of aromatic nitrogens is 1. The molecule has 2 heteroatoms. The average Bonchev–Trinajstić information content (AvgIpc) is 2.30. The largest absolute Gasteiger partial charge is 0.376 e. The van der Waals surface area contributed by atoms with E-state index >= 15 is 0 Å². The molecule has 0 N–H and O–H groups in total. The molecule has 0 atom stereocenters. The summed E-state index contributed by atoms with van der Waals surface area (Å²) in [5, 5.41) is 2.55. The summed E-state index contributed by atoms with van der Waals surface area (Å²) >= 11 is 0. The first-order chi connectivity index (χ1) is 7.66. The SMILES string of the molecule is CC.CC(C)c1cc2c(cn1)=CCN(C)C=2. The van der Waals surface area contributed by atoms with Gasteiger partial charge in [0.25, 0.3) is 0 Å².